The molecule has 0 heterocycles. The molecule has 8 heteroatoms. The van der Waals surface area contributed by atoms with Crippen molar-refractivity contribution in [2.24, 2.45) is 0 Å². The minimum Gasteiger partial charge on any atom is -0.850 e. The molecule has 0 N–H and O–H groups in total. The average Bonchev–Trinajstić information content (AvgIpc) is 2.87. The largest absolute Gasteiger partial charge is 0.850 e. The molecule has 0 aliphatic heterocycles. The van der Waals surface area contributed by atoms with Gasteiger partial charge in [-0.2, -0.15) is 11.8 Å². The van der Waals surface area contributed by atoms with Gasteiger partial charge < -0.3 is 27.7 Å². The standard InChI is InChI=1S/3C10H13.H3O2PS2.3Zn/c3*1-2-3-7-10-8-5-4-6-9-10;1-3(2,4)5;;;/h3*4-6,8H,2-3,7H2,1H3;(H3,1,2,4,5);;;/q;;;;3*+1/p-3. The van der Waals surface area contributed by atoms with Crippen molar-refractivity contribution in [3.8, 4) is 0 Å². The molecular formula is C30H39O2PS2Zn3. The predicted octanol–water partition coefficient (Wildman–Crippen LogP) is 5.08. The zero-order valence-corrected chi connectivity index (χ0v) is 34.9. The maximum atomic E-state index is 9.29. The molecule has 0 aliphatic carbocycles. The second kappa shape index (κ2) is 24.1. The normalized spacial score (nSPS) is 10.3. The van der Waals surface area contributed by atoms with Gasteiger partial charge in [0, 0.05) is 0 Å². The van der Waals surface area contributed by atoms with Crippen LogP contribution in [-0.2, 0) is 98.2 Å². The van der Waals surface area contributed by atoms with Crippen LogP contribution < -0.4 is 22.3 Å². The summed E-state index contributed by atoms with van der Waals surface area (Å²) >= 11 is 11.2. The van der Waals surface area contributed by atoms with E-state index in [0.717, 1.165) is 0 Å². The van der Waals surface area contributed by atoms with Crippen LogP contribution in [0.4, 0.5) is 0 Å². The Hall–Kier alpha value is 0.450. The maximum absolute atomic E-state index is 9.29. The van der Waals surface area contributed by atoms with Gasteiger partial charge in [0.15, 0.2) is 0 Å². The van der Waals surface area contributed by atoms with Crippen LogP contribution in [0, 0.1) is 0 Å². The molecule has 0 spiro atoms. The maximum Gasteiger partial charge on any atom is -0.160 e. The Morgan fingerprint density at radius 1 is 0.579 bits per heavy atom. The Kier molecular flexibility index (Phi) is 24.4. The summed E-state index contributed by atoms with van der Waals surface area (Å²) in [7, 11) is 0. The SMILES string of the molecule is CCCCc1cccc[c]1[Zn+].CCCCc1cccc[c]1[Zn+].CCCCc1cccc[c]1[Zn+].[O-]P([O-])(=S)[S-]. The smallest absolute Gasteiger partial charge is 0.160 e. The van der Waals surface area contributed by atoms with Crippen LogP contribution in [0.5, 0.6) is 0 Å². The molecule has 0 aromatic heterocycles. The molecule has 0 fully saturated rings. The van der Waals surface area contributed by atoms with Crippen LogP contribution in [-0.4, -0.2) is 0 Å². The van der Waals surface area contributed by atoms with Crippen LogP contribution in [0.3, 0.4) is 0 Å². The minimum atomic E-state index is -3.72. The number of hydrogen-bond acceptors (Lipinski definition) is 4. The number of unbranched alkanes of at least 4 members (excludes halogenated alkanes) is 3. The minimum absolute atomic E-state index is 1.27. The molecule has 0 amide bonds. The molecule has 0 unspecified atom stereocenters. The molecule has 0 aliphatic rings. The van der Waals surface area contributed by atoms with E-state index in [1.165, 1.54) is 113 Å². The summed E-state index contributed by atoms with van der Waals surface area (Å²) in [5.74, 6) is 0. The first-order valence-electron chi connectivity index (χ1n) is 13.5. The summed E-state index contributed by atoms with van der Waals surface area (Å²) in [6.07, 6.45) is 11.7. The van der Waals surface area contributed by atoms with Crippen molar-refractivity contribution in [3.63, 3.8) is 0 Å². The van der Waals surface area contributed by atoms with Gasteiger partial charge in [0.25, 0.3) is 0 Å². The van der Waals surface area contributed by atoms with Gasteiger partial charge in [-0.1, -0.05) is 0 Å². The van der Waals surface area contributed by atoms with Gasteiger partial charge in [-0.25, -0.2) is 0 Å². The van der Waals surface area contributed by atoms with Gasteiger partial charge in [-0.3, -0.25) is 0 Å². The second-order valence-electron chi connectivity index (χ2n) is 9.06. The summed E-state index contributed by atoms with van der Waals surface area (Å²) in [6, 6.07) is 26.3. The fourth-order valence-electron chi connectivity index (χ4n) is 3.51. The van der Waals surface area contributed by atoms with Crippen molar-refractivity contribution in [3.05, 3.63) is 89.5 Å². The van der Waals surface area contributed by atoms with E-state index >= 15 is 0 Å². The second-order valence-corrected chi connectivity index (χ2v) is 18.3. The molecular weight excluding hydrogens is 684 g/mol. The van der Waals surface area contributed by atoms with Crippen LogP contribution in [0.2, 0.25) is 0 Å². The summed E-state index contributed by atoms with van der Waals surface area (Å²) in [5, 5.41) is 0. The van der Waals surface area contributed by atoms with Gasteiger partial charge in [-0.05, 0) is 0 Å². The molecule has 3 aromatic rings. The van der Waals surface area contributed by atoms with Gasteiger partial charge in [0.1, 0.15) is 0 Å². The monoisotopic (exact) mass is 718 g/mol. The third kappa shape index (κ3) is 22.2. The quantitative estimate of drug-likeness (QED) is 0.176. The van der Waals surface area contributed by atoms with Crippen molar-refractivity contribution in [1.29, 1.82) is 0 Å². The van der Waals surface area contributed by atoms with Crippen LogP contribution in [0.15, 0.2) is 72.8 Å². The van der Waals surface area contributed by atoms with E-state index in [2.05, 4.69) is 118 Å². The van der Waals surface area contributed by atoms with E-state index in [0.29, 0.717) is 0 Å². The zero-order valence-electron chi connectivity index (χ0n) is 23.5. The predicted molar refractivity (Wildman–Crippen MR) is 156 cm³/mol. The first-order valence-corrected chi connectivity index (χ1v) is 21.6. The van der Waals surface area contributed by atoms with Crippen molar-refractivity contribution in [2.75, 3.05) is 0 Å². The summed E-state index contributed by atoms with van der Waals surface area (Å²) in [6.45, 7) is 6.73. The van der Waals surface area contributed by atoms with Crippen molar-refractivity contribution < 1.29 is 64.7 Å². The molecule has 3 rings (SSSR count). The molecule has 3 aromatic carbocycles. The fraction of sp³-hybridized carbons (Fsp3) is 0.400. The fourth-order valence-corrected chi connectivity index (χ4v) is 6.22. The molecule has 2 nitrogen and oxygen atoms in total. The summed E-state index contributed by atoms with van der Waals surface area (Å²) < 4.78 is 4.67. The molecule has 0 saturated heterocycles. The topological polar surface area (TPSA) is 46.1 Å². The van der Waals surface area contributed by atoms with E-state index in [1.54, 1.807) is 29.2 Å². The zero-order chi connectivity index (χ0) is 28.8. The summed E-state index contributed by atoms with van der Waals surface area (Å²) in [4.78, 5) is 18.6. The number of rotatable bonds is 9. The average molecular weight is 723 g/mol. The van der Waals surface area contributed by atoms with E-state index in [4.69, 9.17) is 0 Å². The Labute approximate surface area is 272 Å². The molecule has 0 atom stereocenters. The van der Waals surface area contributed by atoms with Crippen LogP contribution in [0.25, 0.3) is 0 Å². The Balaban J connectivity index is 0.000000497. The number of hydrogen-bond donors (Lipinski definition) is 0. The molecule has 38 heavy (non-hydrogen) atoms. The summed E-state index contributed by atoms with van der Waals surface area (Å²) in [5.41, 5.74) is 0.970. The van der Waals surface area contributed by atoms with Crippen molar-refractivity contribution in [1.82, 2.24) is 0 Å². The van der Waals surface area contributed by atoms with Crippen LogP contribution >= 0.6 is 5.69 Å². The van der Waals surface area contributed by atoms with Gasteiger partial charge in [0.2, 0.25) is 0 Å². The van der Waals surface area contributed by atoms with E-state index < -0.39 is 5.69 Å². The number of benzene rings is 3. The van der Waals surface area contributed by atoms with Crippen molar-refractivity contribution >= 4 is 42.2 Å². The van der Waals surface area contributed by atoms with E-state index in [-0.39, 0.29) is 0 Å². The van der Waals surface area contributed by atoms with E-state index in [1.807, 2.05) is 0 Å². The molecule has 0 bridgehead atoms. The molecule has 0 radical (unpaired) electrons. The van der Waals surface area contributed by atoms with Crippen molar-refractivity contribution in [2.45, 2.75) is 78.6 Å². The Morgan fingerprint density at radius 2 is 0.789 bits per heavy atom. The molecule has 194 valence electrons. The van der Waals surface area contributed by atoms with Gasteiger partial charge in [-0.15, -0.1) is 0 Å². The Bertz CT molecular complexity index is 935. The van der Waals surface area contributed by atoms with Gasteiger partial charge >= 0.3 is 235 Å². The molecule has 0 saturated carbocycles. The first-order chi connectivity index (χ1) is 18.0. The van der Waals surface area contributed by atoms with E-state index in [9.17, 15) is 9.79 Å². The third-order valence-corrected chi connectivity index (χ3v) is 10.1. The number of aryl methyl sites for hydroxylation is 3. The Morgan fingerprint density at radius 3 is 0.974 bits per heavy atom. The first kappa shape index (κ1) is 38.5. The third-order valence-electron chi connectivity index (χ3n) is 5.75. The van der Waals surface area contributed by atoms with Crippen LogP contribution in [0.1, 0.15) is 76.0 Å². The van der Waals surface area contributed by atoms with Gasteiger partial charge in [0.05, 0.1) is 0 Å².